The van der Waals surface area contributed by atoms with Gasteiger partial charge < -0.3 is 25.5 Å². The van der Waals surface area contributed by atoms with Crippen molar-refractivity contribution in [2.75, 3.05) is 5.32 Å². The van der Waals surface area contributed by atoms with Crippen LogP contribution in [0.1, 0.15) is 5.56 Å². The molecule has 0 saturated heterocycles. The van der Waals surface area contributed by atoms with Crippen molar-refractivity contribution in [3.05, 3.63) is 56.1 Å². The lowest BCUT2D eigenvalue weighted by atomic mass is 10.2. The number of nitrogens with zero attached hydrogens (tertiary/aromatic N) is 4. The van der Waals surface area contributed by atoms with Crippen molar-refractivity contribution in [1.82, 2.24) is 9.78 Å². The van der Waals surface area contributed by atoms with Crippen LogP contribution in [-0.4, -0.2) is 19.6 Å². The third-order valence-corrected chi connectivity index (χ3v) is 2.66. The molecule has 0 radical (unpaired) electrons. The molecule has 1 aromatic heterocycles. The van der Waals surface area contributed by atoms with Gasteiger partial charge in [-0.2, -0.15) is 0 Å². The first kappa shape index (κ1) is 13.5. The van der Waals surface area contributed by atoms with Crippen molar-refractivity contribution in [2.45, 2.75) is 6.54 Å². The molecule has 0 atom stereocenters. The molecule has 0 saturated carbocycles. The summed E-state index contributed by atoms with van der Waals surface area (Å²) >= 11 is 0. The maximum atomic E-state index is 11.0. The summed E-state index contributed by atoms with van der Waals surface area (Å²) in [6, 6.07) is 9.06. The van der Waals surface area contributed by atoms with Gasteiger partial charge in [0.1, 0.15) is 7.05 Å². The Balaban J connectivity index is 2.34. The molecule has 9 heteroatoms. The number of nitro groups is 2. The SMILES string of the molecule is Cn1nc([N+](=O)[O-])c(NCc2ccccc2)c1[N+](=O)[O-]. The second-order valence-electron chi connectivity index (χ2n) is 4.00. The molecular weight excluding hydrogens is 266 g/mol. The molecule has 0 fully saturated rings. The third-order valence-electron chi connectivity index (χ3n) is 2.66. The smallest absolute Gasteiger partial charge is 0.367 e. The second kappa shape index (κ2) is 5.34. The minimum absolute atomic E-state index is 0.189. The van der Waals surface area contributed by atoms with Crippen molar-refractivity contribution >= 4 is 17.3 Å². The van der Waals surface area contributed by atoms with Crippen LogP contribution in [0.3, 0.4) is 0 Å². The summed E-state index contributed by atoms with van der Waals surface area (Å²) in [4.78, 5) is 20.4. The highest BCUT2D eigenvalue weighted by atomic mass is 16.6. The van der Waals surface area contributed by atoms with E-state index in [1.54, 1.807) is 12.1 Å². The van der Waals surface area contributed by atoms with Gasteiger partial charge in [-0.15, -0.1) is 0 Å². The highest BCUT2D eigenvalue weighted by molar-refractivity contribution is 5.68. The molecule has 0 aliphatic heterocycles. The van der Waals surface area contributed by atoms with Crippen molar-refractivity contribution < 1.29 is 9.85 Å². The Kier molecular flexibility index (Phi) is 3.60. The molecule has 1 heterocycles. The van der Waals surface area contributed by atoms with E-state index in [0.717, 1.165) is 10.2 Å². The van der Waals surface area contributed by atoms with E-state index in [0.29, 0.717) is 0 Å². The number of rotatable bonds is 5. The molecule has 2 rings (SSSR count). The Morgan fingerprint density at radius 2 is 1.85 bits per heavy atom. The summed E-state index contributed by atoms with van der Waals surface area (Å²) in [7, 11) is 1.29. The first-order chi connectivity index (χ1) is 9.50. The molecule has 104 valence electrons. The molecule has 0 unspecified atom stereocenters. The summed E-state index contributed by atoms with van der Waals surface area (Å²) in [6.07, 6.45) is 0. The maximum Gasteiger partial charge on any atom is 0.443 e. The van der Waals surface area contributed by atoms with Crippen LogP contribution in [0.2, 0.25) is 0 Å². The summed E-state index contributed by atoms with van der Waals surface area (Å²) in [5, 5.41) is 28.1. The molecule has 0 aliphatic rings. The number of hydrogen-bond donors (Lipinski definition) is 1. The van der Waals surface area contributed by atoms with Gasteiger partial charge in [-0.05, 0) is 20.1 Å². The Morgan fingerprint density at radius 3 is 2.40 bits per heavy atom. The number of hydrogen-bond acceptors (Lipinski definition) is 6. The van der Waals surface area contributed by atoms with E-state index in [1.807, 2.05) is 18.2 Å². The highest BCUT2D eigenvalue weighted by Gasteiger charge is 2.34. The van der Waals surface area contributed by atoms with Gasteiger partial charge in [0.2, 0.25) is 5.69 Å². The highest BCUT2D eigenvalue weighted by Crippen LogP contribution is 2.33. The average molecular weight is 277 g/mol. The van der Waals surface area contributed by atoms with Gasteiger partial charge in [0, 0.05) is 6.54 Å². The molecule has 2 aromatic rings. The minimum atomic E-state index is -0.750. The van der Waals surface area contributed by atoms with Crippen LogP contribution < -0.4 is 5.32 Å². The van der Waals surface area contributed by atoms with E-state index < -0.39 is 21.5 Å². The molecule has 9 nitrogen and oxygen atoms in total. The predicted molar refractivity (Wildman–Crippen MR) is 70.3 cm³/mol. The quantitative estimate of drug-likeness (QED) is 0.658. The number of benzene rings is 1. The molecule has 0 bridgehead atoms. The molecular formula is C11H11N5O4. The number of nitrogens with one attached hydrogen (secondary N) is 1. The van der Waals surface area contributed by atoms with Crippen molar-refractivity contribution in [3.8, 4) is 0 Å². The summed E-state index contributed by atoms with van der Waals surface area (Å²) in [5.74, 6) is -0.997. The Labute approximate surface area is 113 Å². The topological polar surface area (TPSA) is 116 Å². The van der Waals surface area contributed by atoms with Crippen LogP contribution in [0.15, 0.2) is 30.3 Å². The van der Waals surface area contributed by atoms with E-state index in [2.05, 4.69) is 10.4 Å². The zero-order valence-electron chi connectivity index (χ0n) is 10.5. The molecule has 1 N–H and O–H groups in total. The van der Waals surface area contributed by atoms with E-state index in [4.69, 9.17) is 0 Å². The lowest BCUT2D eigenvalue weighted by molar-refractivity contribution is -0.393. The second-order valence-corrected chi connectivity index (χ2v) is 4.00. The van der Waals surface area contributed by atoms with E-state index in [1.165, 1.54) is 7.05 Å². The molecule has 20 heavy (non-hydrogen) atoms. The lowest BCUT2D eigenvalue weighted by Gasteiger charge is -2.03. The minimum Gasteiger partial charge on any atom is -0.367 e. The van der Waals surface area contributed by atoms with Gasteiger partial charge in [0.15, 0.2) is 5.10 Å². The summed E-state index contributed by atoms with van der Waals surface area (Å²) in [6.45, 7) is 0.230. The maximum absolute atomic E-state index is 11.0. The fourth-order valence-electron chi connectivity index (χ4n) is 1.78. The average Bonchev–Trinajstić information content (AvgIpc) is 2.74. The fourth-order valence-corrected chi connectivity index (χ4v) is 1.78. The van der Waals surface area contributed by atoms with Gasteiger partial charge in [0.05, 0.1) is 0 Å². The Hall–Kier alpha value is -2.97. The van der Waals surface area contributed by atoms with Gasteiger partial charge in [0.25, 0.3) is 0 Å². The molecule has 0 amide bonds. The van der Waals surface area contributed by atoms with Crippen LogP contribution in [-0.2, 0) is 13.6 Å². The third kappa shape index (κ3) is 2.55. The van der Waals surface area contributed by atoms with Crippen molar-refractivity contribution in [2.24, 2.45) is 7.05 Å². The monoisotopic (exact) mass is 277 g/mol. The number of anilines is 1. The largest absolute Gasteiger partial charge is 0.443 e. The summed E-state index contributed by atoms with van der Waals surface area (Å²) in [5.41, 5.74) is 0.659. The molecule has 1 aromatic carbocycles. The van der Waals surface area contributed by atoms with Crippen LogP contribution in [0, 0.1) is 20.2 Å². The van der Waals surface area contributed by atoms with Crippen LogP contribution in [0.4, 0.5) is 17.3 Å². The Bertz CT molecular complexity index is 652. The van der Waals surface area contributed by atoms with Crippen LogP contribution in [0.25, 0.3) is 0 Å². The van der Waals surface area contributed by atoms with Gasteiger partial charge in [-0.25, -0.2) is 0 Å². The standard InChI is InChI=1S/C11H11N5O4/c1-14-11(16(19)20)9(10(13-14)15(17)18)12-7-8-5-3-2-4-6-8/h2-6,12H,7H2,1H3. The normalized spacial score (nSPS) is 10.2. The van der Waals surface area contributed by atoms with E-state index >= 15 is 0 Å². The van der Waals surface area contributed by atoms with E-state index in [9.17, 15) is 20.2 Å². The van der Waals surface area contributed by atoms with Crippen LogP contribution in [0.5, 0.6) is 0 Å². The number of aromatic nitrogens is 2. The van der Waals surface area contributed by atoms with Gasteiger partial charge in [-0.3, -0.25) is 0 Å². The molecule has 0 aliphatic carbocycles. The molecule has 0 spiro atoms. The zero-order chi connectivity index (χ0) is 14.7. The zero-order valence-corrected chi connectivity index (χ0v) is 10.5. The first-order valence-corrected chi connectivity index (χ1v) is 5.64. The number of aryl methyl sites for hydroxylation is 1. The van der Waals surface area contributed by atoms with E-state index in [-0.39, 0.29) is 12.2 Å². The Morgan fingerprint density at radius 1 is 1.20 bits per heavy atom. The predicted octanol–water partition coefficient (Wildman–Crippen LogP) is 1.85. The summed E-state index contributed by atoms with van der Waals surface area (Å²) < 4.78 is 0.880. The van der Waals surface area contributed by atoms with Gasteiger partial charge >= 0.3 is 11.6 Å². The fraction of sp³-hybridized carbons (Fsp3) is 0.182. The van der Waals surface area contributed by atoms with Crippen LogP contribution >= 0.6 is 0 Å². The van der Waals surface area contributed by atoms with Gasteiger partial charge in [-0.1, -0.05) is 30.3 Å². The first-order valence-electron chi connectivity index (χ1n) is 5.64. The van der Waals surface area contributed by atoms with Crippen molar-refractivity contribution in [3.63, 3.8) is 0 Å². The van der Waals surface area contributed by atoms with Crippen molar-refractivity contribution in [1.29, 1.82) is 0 Å². The lowest BCUT2D eigenvalue weighted by Crippen LogP contribution is -2.04.